The van der Waals surface area contributed by atoms with Crippen molar-refractivity contribution in [3.63, 3.8) is 0 Å². The number of hydrogen-bond acceptors (Lipinski definition) is 5. The van der Waals surface area contributed by atoms with E-state index >= 15 is 0 Å². The number of thioether (sulfide) groups is 1. The first kappa shape index (κ1) is 18.4. The number of pyridine rings is 1. The first-order valence-corrected chi connectivity index (χ1v) is 11.7. The zero-order valence-corrected chi connectivity index (χ0v) is 17.6. The van der Waals surface area contributed by atoms with Gasteiger partial charge in [0.2, 0.25) is 0 Å². The molecule has 0 spiro atoms. The van der Waals surface area contributed by atoms with E-state index in [2.05, 4.69) is 33.4 Å². The molecule has 6 nitrogen and oxygen atoms in total. The first-order chi connectivity index (χ1) is 14.8. The fraction of sp³-hybridized carbons (Fsp3) is 0.435. The Morgan fingerprint density at radius 1 is 1.10 bits per heavy atom. The van der Waals surface area contributed by atoms with Crippen LogP contribution in [-0.4, -0.2) is 56.3 Å². The number of hydrogen-bond donors (Lipinski definition) is 1. The maximum atomic E-state index is 12.9. The molecule has 154 valence electrons. The summed E-state index contributed by atoms with van der Waals surface area (Å²) in [6, 6.07) is 11.0. The number of nitrogens with zero attached hydrogens (tertiary/aromatic N) is 4. The van der Waals surface area contributed by atoms with Gasteiger partial charge in [-0.25, -0.2) is 4.79 Å². The monoisotopic (exact) mass is 419 g/mol. The van der Waals surface area contributed by atoms with Gasteiger partial charge in [0, 0.05) is 36.7 Å². The van der Waals surface area contributed by atoms with E-state index in [0.717, 1.165) is 22.8 Å². The van der Waals surface area contributed by atoms with Crippen molar-refractivity contribution in [2.75, 3.05) is 18.4 Å². The third-order valence-corrected chi connectivity index (χ3v) is 7.95. The number of rotatable bonds is 4. The molecule has 1 aromatic heterocycles. The van der Waals surface area contributed by atoms with Crippen LogP contribution in [-0.2, 0) is 13.1 Å². The van der Waals surface area contributed by atoms with Gasteiger partial charge in [0.1, 0.15) is 0 Å². The Bertz CT molecular complexity index is 1000. The second kappa shape index (κ2) is 7.39. The highest BCUT2D eigenvalue weighted by Gasteiger charge is 2.60. The lowest BCUT2D eigenvalue weighted by Crippen LogP contribution is -2.42. The predicted molar refractivity (Wildman–Crippen MR) is 120 cm³/mol. The summed E-state index contributed by atoms with van der Waals surface area (Å²) in [7, 11) is 0. The molecule has 1 N–H and O–H groups in total. The maximum absolute atomic E-state index is 12.9. The lowest BCUT2D eigenvalue weighted by Gasteiger charge is -2.31. The van der Waals surface area contributed by atoms with E-state index in [0.29, 0.717) is 11.8 Å². The van der Waals surface area contributed by atoms with Crippen molar-refractivity contribution in [3.05, 3.63) is 59.4 Å². The van der Waals surface area contributed by atoms with Gasteiger partial charge in [-0.2, -0.15) is 0 Å². The molecule has 2 amide bonds. The van der Waals surface area contributed by atoms with E-state index in [-0.39, 0.29) is 18.1 Å². The van der Waals surface area contributed by atoms with Gasteiger partial charge in [-0.1, -0.05) is 30.3 Å². The van der Waals surface area contributed by atoms with Gasteiger partial charge in [0.05, 0.1) is 22.4 Å². The largest absolute Gasteiger partial charge is 0.322 e. The summed E-state index contributed by atoms with van der Waals surface area (Å²) in [6.45, 7) is 4.01. The highest BCUT2D eigenvalue weighted by molar-refractivity contribution is 8.15. The van der Waals surface area contributed by atoms with Crippen LogP contribution in [0.1, 0.15) is 36.0 Å². The van der Waals surface area contributed by atoms with Crippen LogP contribution in [0.2, 0.25) is 0 Å². The van der Waals surface area contributed by atoms with Crippen molar-refractivity contribution in [2.24, 2.45) is 4.99 Å². The van der Waals surface area contributed by atoms with Gasteiger partial charge in [0.25, 0.3) is 0 Å². The Labute approximate surface area is 180 Å². The number of likely N-dealkylation sites (tertiary alicyclic amines) is 1. The predicted octanol–water partition coefficient (Wildman–Crippen LogP) is 3.73. The number of benzene rings is 1. The van der Waals surface area contributed by atoms with Crippen LogP contribution in [0.25, 0.3) is 0 Å². The molecular weight excluding hydrogens is 394 g/mol. The average Bonchev–Trinajstić information content (AvgIpc) is 3.26. The third kappa shape index (κ3) is 3.30. The Balaban J connectivity index is 1.14. The molecule has 1 saturated heterocycles. The minimum Gasteiger partial charge on any atom is -0.314 e. The van der Waals surface area contributed by atoms with Crippen molar-refractivity contribution < 1.29 is 4.79 Å². The average molecular weight is 420 g/mol. The summed E-state index contributed by atoms with van der Waals surface area (Å²) in [6.07, 6.45) is 7.54. The van der Waals surface area contributed by atoms with E-state index in [1.165, 1.54) is 43.5 Å². The normalized spacial score (nSPS) is 27.9. The van der Waals surface area contributed by atoms with E-state index in [4.69, 9.17) is 4.99 Å². The number of urea groups is 1. The Morgan fingerprint density at radius 2 is 1.93 bits per heavy atom. The van der Waals surface area contributed by atoms with Gasteiger partial charge in [-0.3, -0.25) is 14.9 Å². The topological polar surface area (TPSA) is 60.8 Å². The van der Waals surface area contributed by atoms with Crippen LogP contribution >= 0.6 is 11.8 Å². The Kier molecular flexibility index (Phi) is 4.53. The third-order valence-electron chi connectivity index (χ3n) is 6.56. The fourth-order valence-electron chi connectivity index (χ4n) is 4.87. The van der Waals surface area contributed by atoms with Crippen LogP contribution in [0.3, 0.4) is 0 Å². The second-order valence-electron chi connectivity index (χ2n) is 8.62. The van der Waals surface area contributed by atoms with Gasteiger partial charge >= 0.3 is 6.03 Å². The molecule has 3 unspecified atom stereocenters. The van der Waals surface area contributed by atoms with Gasteiger partial charge < -0.3 is 10.2 Å². The first-order valence-electron chi connectivity index (χ1n) is 10.8. The summed E-state index contributed by atoms with van der Waals surface area (Å²) >= 11 is 1.79. The van der Waals surface area contributed by atoms with Crippen molar-refractivity contribution in [2.45, 2.75) is 49.7 Å². The number of fused-ring (bicyclic) bond motifs is 2. The van der Waals surface area contributed by atoms with Crippen molar-refractivity contribution >= 4 is 28.5 Å². The number of carbonyl (C=O) groups excluding carboxylic acids is 1. The van der Waals surface area contributed by atoms with Gasteiger partial charge in [-0.05, 0) is 55.3 Å². The van der Waals surface area contributed by atoms with E-state index in [1.807, 2.05) is 17.0 Å². The fourth-order valence-corrected chi connectivity index (χ4v) is 6.30. The molecule has 4 aliphatic rings. The number of amides is 2. The number of piperidine rings is 1. The number of nitrogens with one attached hydrogen (secondary N) is 1. The van der Waals surface area contributed by atoms with Gasteiger partial charge in [0.15, 0.2) is 0 Å². The number of carbonyl (C=O) groups is 1. The summed E-state index contributed by atoms with van der Waals surface area (Å²) in [5.41, 5.74) is 4.58. The van der Waals surface area contributed by atoms with Crippen LogP contribution in [0.5, 0.6) is 0 Å². The molecule has 1 aliphatic carbocycles. The molecule has 30 heavy (non-hydrogen) atoms. The van der Waals surface area contributed by atoms with Crippen LogP contribution in [0.15, 0.2) is 47.7 Å². The summed E-state index contributed by atoms with van der Waals surface area (Å²) in [5, 5.41) is 4.59. The molecule has 3 atom stereocenters. The van der Waals surface area contributed by atoms with Crippen molar-refractivity contribution in [1.29, 1.82) is 0 Å². The zero-order chi connectivity index (χ0) is 20.1. The molecule has 4 heterocycles. The summed E-state index contributed by atoms with van der Waals surface area (Å²) in [4.78, 5) is 26.3. The SMILES string of the molecule is O=C1Nc2cc(CN3CCCCC3)ccc2CN1C1C2N=C(c3ccncc3)SC21. The lowest BCUT2D eigenvalue weighted by atomic mass is 10.0. The van der Waals surface area contributed by atoms with Crippen LogP contribution in [0.4, 0.5) is 10.5 Å². The minimum atomic E-state index is 0.0123. The molecule has 3 aliphatic heterocycles. The Morgan fingerprint density at radius 3 is 2.70 bits per heavy atom. The van der Waals surface area contributed by atoms with E-state index in [9.17, 15) is 4.79 Å². The highest BCUT2D eigenvalue weighted by atomic mass is 32.2. The second-order valence-corrected chi connectivity index (χ2v) is 9.79. The minimum absolute atomic E-state index is 0.0123. The van der Waals surface area contributed by atoms with E-state index in [1.54, 1.807) is 24.2 Å². The lowest BCUT2D eigenvalue weighted by molar-refractivity contribution is 0.202. The molecule has 0 bridgehead atoms. The van der Waals surface area contributed by atoms with Gasteiger partial charge in [-0.15, -0.1) is 0 Å². The molecule has 1 aromatic carbocycles. The molecule has 0 radical (unpaired) electrons. The number of aromatic nitrogens is 1. The van der Waals surface area contributed by atoms with Crippen LogP contribution < -0.4 is 5.32 Å². The van der Waals surface area contributed by atoms with E-state index < -0.39 is 0 Å². The molecular formula is C23H25N5OS. The smallest absolute Gasteiger partial charge is 0.314 e. The molecule has 2 fully saturated rings. The standard InChI is InChI=1S/C23H25N5OS/c29-23-25-18-12-15(13-27-10-2-1-3-11-27)4-5-17(18)14-28(23)20-19-21(20)30-22(26-19)16-6-8-24-9-7-16/h4-9,12,19-21H,1-3,10-11,13-14H2,(H,25,29). The molecule has 2 aromatic rings. The summed E-state index contributed by atoms with van der Waals surface area (Å²) < 4.78 is 0. The molecule has 6 rings (SSSR count). The number of aliphatic imine (C=N–C) groups is 1. The Hall–Kier alpha value is -2.38. The molecule has 1 saturated carbocycles. The van der Waals surface area contributed by atoms with Crippen LogP contribution in [0, 0.1) is 0 Å². The quantitative estimate of drug-likeness (QED) is 0.820. The zero-order valence-electron chi connectivity index (χ0n) is 16.8. The van der Waals surface area contributed by atoms with Crippen molar-refractivity contribution in [3.8, 4) is 0 Å². The maximum Gasteiger partial charge on any atom is 0.322 e. The molecule has 7 heteroatoms. The number of anilines is 1. The van der Waals surface area contributed by atoms with Crippen molar-refractivity contribution in [1.82, 2.24) is 14.8 Å². The highest BCUT2D eigenvalue weighted by Crippen LogP contribution is 2.50. The summed E-state index contributed by atoms with van der Waals surface area (Å²) in [5.74, 6) is 0.